The van der Waals surface area contributed by atoms with E-state index in [-0.39, 0.29) is 16.6 Å². The monoisotopic (exact) mass is 403 g/mol. The van der Waals surface area contributed by atoms with Gasteiger partial charge in [-0.05, 0) is 42.7 Å². The van der Waals surface area contributed by atoms with E-state index in [1.807, 2.05) is 13.8 Å². The summed E-state index contributed by atoms with van der Waals surface area (Å²) >= 11 is 0. The highest BCUT2D eigenvalue weighted by Crippen LogP contribution is 2.24. The molecule has 0 unspecified atom stereocenters. The summed E-state index contributed by atoms with van der Waals surface area (Å²) in [5.74, 6) is -0.846. The molecule has 0 saturated heterocycles. The Morgan fingerprint density at radius 2 is 1.96 bits per heavy atom. The number of nitrogens with one attached hydrogen (secondary N) is 2. The van der Waals surface area contributed by atoms with Gasteiger partial charge in [-0.3, -0.25) is 14.5 Å². The van der Waals surface area contributed by atoms with Gasteiger partial charge in [0.25, 0.3) is 10.0 Å². The molecule has 1 aliphatic rings. The van der Waals surface area contributed by atoms with Crippen LogP contribution in [-0.4, -0.2) is 26.2 Å². The predicted octanol–water partition coefficient (Wildman–Crippen LogP) is 3.23. The van der Waals surface area contributed by atoms with Crippen molar-refractivity contribution in [3.63, 3.8) is 0 Å². The van der Waals surface area contributed by atoms with Gasteiger partial charge >= 0.3 is 0 Å². The standard InChI is InChI=1S/C20H22FN3O3S/c1-4-12(2)18(20(25)22-14-10-9-13(3)16(21)11-14)23-19-15-7-5-6-8-17(15)28(26,27)24-19/h5-12,18H,4H2,1-3H3,(H,22,25)(H,23,24)/t12-,18-/m0/s1. The van der Waals surface area contributed by atoms with Gasteiger partial charge in [0.05, 0.1) is 4.90 Å². The van der Waals surface area contributed by atoms with Crippen LogP contribution >= 0.6 is 0 Å². The Balaban J connectivity index is 1.94. The molecule has 1 heterocycles. The summed E-state index contributed by atoms with van der Waals surface area (Å²) in [5.41, 5.74) is 1.24. The first-order chi connectivity index (χ1) is 13.2. The van der Waals surface area contributed by atoms with Gasteiger partial charge in [-0.15, -0.1) is 0 Å². The first-order valence-corrected chi connectivity index (χ1v) is 10.5. The lowest BCUT2D eigenvalue weighted by atomic mass is 9.98. The number of aryl methyl sites for hydroxylation is 1. The van der Waals surface area contributed by atoms with E-state index in [1.54, 1.807) is 37.3 Å². The van der Waals surface area contributed by atoms with Gasteiger partial charge in [0.2, 0.25) is 5.91 Å². The summed E-state index contributed by atoms with van der Waals surface area (Å²) in [6, 6.07) is 10.1. The summed E-state index contributed by atoms with van der Waals surface area (Å²) in [4.78, 5) is 17.4. The second-order valence-electron chi connectivity index (χ2n) is 6.86. The number of halogens is 1. The summed E-state index contributed by atoms with van der Waals surface area (Å²) in [5, 5.41) is 2.68. The minimum atomic E-state index is -3.69. The molecule has 148 valence electrons. The van der Waals surface area contributed by atoms with Crippen molar-refractivity contribution in [2.75, 3.05) is 5.32 Å². The summed E-state index contributed by atoms with van der Waals surface area (Å²) in [7, 11) is -3.69. The van der Waals surface area contributed by atoms with Crippen molar-refractivity contribution >= 4 is 27.5 Å². The highest BCUT2D eigenvalue weighted by molar-refractivity contribution is 7.90. The van der Waals surface area contributed by atoms with Gasteiger partial charge < -0.3 is 5.32 Å². The SMILES string of the molecule is CC[C@H](C)[C@H](N=C1NS(=O)(=O)c2ccccc21)C(=O)Nc1ccc(C)c(F)c1. The molecule has 28 heavy (non-hydrogen) atoms. The van der Waals surface area contributed by atoms with Gasteiger partial charge in [-0.2, -0.15) is 0 Å². The van der Waals surface area contributed by atoms with E-state index in [4.69, 9.17) is 0 Å². The molecule has 2 atom stereocenters. The lowest BCUT2D eigenvalue weighted by molar-refractivity contribution is -0.118. The number of carbonyl (C=O) groups excluding carboxylic acids is 1. The minimum absolute atomic E-state index is 0.137. The molecule has 8 heteroatoms. The van der Waals surface area contributed by atoms with E-state index in [0.29, 0.717) is 23.2 Å². The Morgan fingerprint density at radius 1 is 1.25 bits per heavy atom. The molecule has 2 aromatic carbocycles. The first-order valence-electron chi connectivity index (χ1n) is 9.00. The Hall–Kier alpha value is -2.74. The highest BCUT2D eigenvalue weighted by Gasteiger charge is 2.33. The third-order valence-electron chi connectivity index (χ3n) is 4.82. The number of amidine groups is 1. The maximum absolute atomic E-state index is 13.8. The molecule has 0 aromatic heterocycles. The lowest BCUT2D eigenvalue weighted by Gasteiger charge is -2.19. The number of hydrogen-bond acceptors (Lipinski definition) is 4. The normalized spacial score (nSPS) is 18.2. The van der Waals surface area contributed by atoms with E-state index in [0.717, 1.165) is 0 Å². The average molecular weight is 403 g/mol. The van der Waals surface area contributed by atoms with Crippen LogP contribution < -0.4 is 10.0 Å². The third kappa shape index (κ3) is 3.91. The van der Waals surface area contributed by atoms with E-state index in [9.17, 15) is 17.6 Å². The number of carbonyl (C=O) groups is 1. The largest absolute Gasteiger partial charge is 0.324 e. The third-order valence-corrected chi connectivity index (χ3v) is 6.22. The zero-order valence-corrected chi connectivity index (χ0v) is 16.7. The van der Waals surface area contributed by atoms with Crippen LogP contribution in [0.15, 0.2) is 52.4 Å². The van der Waals surface area contributed by atoms with Crippen molar-refractivity contribution < 1.29 is 17.6 Å². The smallest absolute Gasteiger partial charge is 0.263 e. The number of benzene rings is 2. The maximum Gasteiger partial charge on any atom is 0.263 e. The van der Waals surface area contributed by atoms with Crippen molar-refractivity contribution in [3.05, 3.63) is 59.4 Å². The van der Waals surface area contributed by atoms with Crippen LogP contribution in [0.1, 0.15) is 31.4 Å². The summed E-state index contributed by atoms with van der Waals surface area (Å²) in [6.45, 7) is 5.42. The lowest BCUT2D eigenvalue weighted by Crippen LogP contribution is -2.34. The van der Waals surface area contributed by atoms with Crippen LogP contribution in [0.2, 0.25) is 0 Å². The average Bonchev–Trinajstić information content (AvgIpc) is 2.92. The van der Waals surface area contributed by atoms with Crippen LogP contribution in [0.3, 0.4) is 0 Å². The van der Waals surface area contributed by atoms with E-state index >= 15 is 0 Å². The Morgan fingerprint density at radius 3 is 2.64 bits per heavy atom. The van der Waals surface area contributed by atoms with Crippen molar-refractivity contribution in [1.82, 2.24) is 4.72 Å². The fraction of sp³-hybridized carbons (Fsp3) is 0.300. The van der Waals surface area contributed by atoms with Crippen molar-refractivity contribution in [2.45, 2.75) is 38.1 Å². The van der Waals surface area contributed by atoms with Crippen molar-refractivity contribution in [1.29, 1.82) is 0 Å². The molecule has 3 rings (SSSR count). The molecular formula is C20H22FN3O3S. The number of sulfonamides is 1. The van der Waals surface area contributed by atoms with E-state index in [2.05, 4.69) is 15.0 Å². The van der Waals surface area contributed by atoms with E-state index < -0.39 is 27.8 Å². The maximum atomic E-state index is 13.8. The van der Waals surface area contributed by atoms with Crippen LogP contribution in [0.5, 0.6) is 0 Å². The summed E-state index contributed by atoms with van der Waals surface area (Å²) in [6.07, 6.45) is 0.658. The number of nitrogens with zero attached hydrogens (tertiary/aromatic N) is 1. The van der Waals surface area contributed by atoms with Crippen LogP contribution in [0, 0.1) is 18.7 Å². The minimum Gasteiger partial charge on any atom is -0.324 e. The van der Waals surface area contributed by atoms with Crippen LogP contribution in [-0.2, 0) is 14.8 Å². The molecule has 2 aromatic rings. The molecule has 0 radical (unpaired) electrons. The molecule has 0 bridgehead atoms. The highest BCUT2D eigenvalue weighted by atomic mass is 32.2. The number of rotatable bonds is 5. The topological polar surface area (TPSA) is 87.6 Å². The molecule has 0 fully saturated rings. The Kier molecular flexibility index (Phi) is 5.51. The van der Waals surface area contributed by atoms with Gasteiger partial charge in [0, 0.05) is 11.3 Å². The quantitative estimate of drug-likeness (QED) is 0.803. The van der Waals surface area contributed by atoms with E-state index in [1.165, 1.54) is 12.1 Å². The Bertz CT molecular complexity index is 1050. The van der Waals surface area contributed by atoms with Gasteiger partial charge in [-0.1, -0.05) is 38.5 Å². The molecule has 2 N–H and O–H groups in total. The zero-order chi connectivity index (χ0) is 20.5. The van der Waals surface area contributed by atoms with Crippen LogP contribution in [0.25, 0.3) is 0 Å². The molecule has 1 aliphatic heterocycles. The number of amides is 1. The zero-order valence-electron chi connectivity index (χ0n) is 15.9. The van der Waals surface area contributed by atoms with Crippen molar-refractivity contribution in [2.24, 2.45) is 10.9 Å². The fourth-order valence-corrected chi connectivity index (χ4v) is 4.16. The second kappa shape index (κ2) is 7.71. The second-order valence-corrected chi connectivity index (χ2v) is 8.51. The predicted molar refractivity (Wildman–Crippen MR) is 106 cm³/mol. The van der Waals surface area contributed by atoms with Gasteiger partial charge in [-0.25, -0.2) is 12.8 Å². The molecular weight excluding hydrogens is 381 g/mol. The summed E-state index contributed by atoms with van der Waals surface area (Å²) < 4.78 is 40.8. The van der Waals surface area contributed by atoms with Crippen LogP contribution in [0.4, 0.5) is 10.1 Å². The number of aliphatic imine (C=N–C) groups is 1. The molecule has 0 aliphatic carbocycles. The molecule has 0 saturated carbocycles. The van der Waals surface area contributed by atoms with Crippen molar-refractivity contribution in [3.8, 4) is 0 Å². The molecule has 6 nitrogen and oxygen atoms in total. The molecule has 0 spiro atoms. The Labute approximate surface area is 163 Å². The number of hydrogen-bond donors (Lipinski definition) is 2. The number of anilines is 1. The number of fused-ring (bicyclic) bond motifs is 1. The molecule has 1 amide bonds. The van der Waals surface area contributed by atoms with Gasteiger partial charge in [0.1, 0.15) is 17.7 Å². The van der Waals surface area contributed by atoms with Gasteiger partial charge in [0.15, 0.2) is 0 Å². The fourth-order valence-electron chi connectivity index (χ4n) is 2.92. The first kappa shape index (κ1) is 20.0.